The number of amides is 4. The predicted molar refractivity (Wildman–Crippen MR) is 102 cm³/mol. The average Bonchev–Trinajstić information content (AvgIpc) is 2.70. The van der Waals surface area contributed by atoms with Gasteiger partial charge in [-0.05, 0) is 24.3 Å². The molecule has 0 aliphatic carbocycles. The van der Waals surface area contributed by atoms with Crippen LogP contribution in [0.1, 0.15) is 5.56 Å². The van der Waals surface area contributed by atoms with Crippen molar-refractivity contribution in [2.24, 2.45) is 0 Å². The molecule has 1 saturated heterocycles. The third kappa shape index (κ3) is 4.14. The molecule has 1 fully saturated rings. The van der Waals surface area contributed by atoms with Crippen molar-refractivity contribution < 1.29 is 33.9 Å². The standard InChI is InChI=1S/C19H13N3O8/c23-16(24)10-30-15-4-2-1-3-11(15)9-14-17(25)20-19(27)21(18(14)26)12-5-7-13(8-6-12)22(28)29/h1-9H,10H2,(H,23,24)(H,20,25,27)/b14-9-. The maximum atomic E-state index is 12.9. The third-order valence-electron chi connectivity index (χ3n) is 3.99. The maximum absolute atomic E-state index is 12.9. The number of aliphatic carboxylic acids is 1. The molecule has 0 bridgehead atoms. The number of carboxylic acids is 1. The number of nitro groups is 1. The fourth-order valence-electron chi connectivity index (χ4n) is 2.64. The first-order chi connectivity index (χ1) is 14.3. The molecule has 0 atom stereocenters. The van der Waals surface area contributed by atoms with Gasteiger partial charge in [0.15, 0.2) is 6.61 Å². The molecule has 0 unspecified atom stereocenters. The van der Waals surface area contributed by atoms with Gasteiger partial charge in [-0.2, -0.15) is 0 Å². The predicted octanol–water partition coefficient (Wildman–Crippen LogP) is 1.72. The van der Waals surface area contributed by atoms with E-state index in [9.17, 15) is 29.3 Å². The Morgan fingerprint density at radius 1 is 1.13 bits per heavy atom. The number of carboxylic acid groups (broad SMARTS) is 1. The number of anilines is 1. The summed E-state index contributed by atoms with van der Waals surface area (Å²) in [5, 5.41) is 21.6. The summed E-state index contributed by atoms with van der Waals surface area (Å²) in [6.07, 6.45) is 1.17. The summed E-state index contributed by atoms with van der Waals surface area (Å²) >= 11 is 0. The molecule has 2 aromatic carbocycles. The second-order valence-electron chi connectivity index (χ2n) is 5.95. The lowest BCUT2D eigenvalue weighted by Gasteiger charge is -2.26. The van der Waals surface area contributed by atoms with Gasteiger partial charge in [-0.25, -0.2) is 14.5 Å². The molecule has 1 aliphatic heterocycles. The summed E-state index contributed by atoms with van der Waals surface area (Å²) in [5.74, 6) is -2.99. The van der Waals surface area contributed by atoms with Crippen molar-refractivity contribution in [2.45, 2.75) is 0 Å². The van der Waals surface area contributed by atoms with Gasteiger partial charge < -0.3 is 9.84 Å². The fourth-order valence-corrected chi connectivity index (χ4v) is 2.64. The lowest BCUT2D eigenvalue weighted by atomic mass is 10.1. The van der Waals surface area contributed by atoms with Crippen LogP contribution in [-0.4, -0.2) is 40.5 Å². The second-order valence-corrected chi connectivity index (χ2v) is 5.95. The number of nitro benzene ring substituents is 1. The van der Waals surface area contributed by atoms with Crippen molar-refractivity contribution in [2.75, 3.05) is 11.5 Å². The number of hydrogen-bond acceptors (Lipinski definition) is 7. The number of non-ortho nitro benzene ring substituents is 1. The van der Waals surface area contributed by atoms with Crippen molar-refractivity contribution in [3.8, 4) is 5.75 Å². The zero-order chi connectivity index (χ0) is 21.8. The number of carbonyl (C=O) groups is 4. The molecule has 0 radical (unpaired) electrons. The van der Waals surface area contributed by atoms with E-state index >= 15 is 0 Å². The molecule has 11 nitrogen and oxygen atoms in total. The molecular formula is C19H13N3O8. The topological polar surface area (TPSA) is 156 Å². The van der Waals surface area contributed by atoms with Gasteiger partial charge in [-0.3, -0.25) is 25.0 Å². The highest BCUT2D eigenvalue weighted by atomic mass is 16.6. The van der Waals surface area contributed by atoms with E-state index in [2.05, 4.69) is 0 Å². The Hall–Kier alpha value is -4.54. The molecule has 2 N–H and O–H groups in total. The van der Waals surface area contributed by atoms with Crippen LogP contribution in [-0.2, 0) is 14.4 Å². The van der Waals surface area contributed by atoms with Crippen LogP contribution in [0.15, 0.2) is 54.1 Å². The van der Waals surface area contributed by atoms with E-state index in [-0.39, 0.29) is 22.7 Å². The Labute approximate surface area is 168 Å². The molecule has 152 valence electrons. The summed E-state index contributed by atoms with van der Waals surface area (Å²) in [6, 6.07) is 9.75. The largest absolute Gasteiger partial charge is 0.481 e. The first-order valence-electron chi connectivity index (χ1n) is 8.37. The smallest absolute Gasteiger partial charge is 0.341 e. The van der Waals surface area contributed by atoms with E-state index in [1.165, 1.54) is 30.3 Å². The van der Waals surface area contributed by atoms with Crippen molar-refractivity contribution in [1.82, 2.24) is 5.32 Å². The Bertz CT molecular complexity index is 1090. The quantitative estimate of drug-likeness (QED) is 0.315. The first-order valence-corrected chi connectivity index (χ1v) is 8.37. The number of nitrogens with zero attached hydrogens (tertiary/aromatic N) is 2. The van der Waals surface area contributed by atoms with Crippen LogP contribution in [0.4, 0.5) is 16.2 Å². The normalized spacial score (nSPS) is 15.1. The van der Waals surface area contributed by atoms with Gasteiger partial charge >= 0.3 is 12.0 Å². The molecule has 1 heterocycles. The fraction of sp³-hybridized carbons (Fsp3) is 0.0526. The molecule has 0 saturated carbocycles. The van der Waals surface area contributed by atoms with Gasteiger partial charge in [0.1, 0.15) is 11.3 Å². The minimum atomic E-state index is -1.21. The number of barbiturate groups is 1. The van der Waals surface area contributed by atoms with E-state index in [0.717, 1.165) is 12.1 Å². The number of para-hydroxylation sites is 1. The zero-order valence-corrected chi connectivity index (χ0v) is 15.1. The van der Waals surface area contributed by atoms with Crippen LogP contribution in [0.5, 0.6) is 5.75 Å². The van der Waals surface area contributed by atoms with Crippen LogP contribution in [0, 0.1) is 10.1 Å². The van der Waals surface area contributed by atoms with Crippen molar-refractivity contribution in [3.63, 3.8) is 0 Å². The number of carbonyl (C=O) groups excluding carboxylic acids is 3. The van der Waals surface area contributed by atoms with Gasteiger partial charge in [-0.15, -0.1) is 0 Å². The van der Waals surface area contributed by atoms with E-state index in [1.54, 1.807) is 12.1 Å². The lowest BCUT2D eigenvalue weighted by molar-refractivity contribution is -0.384. The molecule has 3 rings (SSSR count). The lowest BCUT2D eigenvalue weighted by Crippen LogP contribution is -2.54. The number of rotatable bonds is 6. The minimum absolute atomic E-state index is 0.0249. The van der Waals surface area contributed by atoms with E-state index in [4.69, 9.17) is 9.84 Å². The summed E-state index contributed by atoms with van der Waals surface area (Å²) < 4.78 is 5.15. The third-order valence-corrected chi connectivity index (χ3v) is 3.99. The van der Waals surface area contributed by atoms with Crippen molar-refractivity contribution in [1.29, 1.82) is 0 Å². The first kappa shape index (κ1) is 20.2. The van der Waals surface area contributed by atoms with E-state index in [1.807, 2.05) is 5.32 Å². The molecule has 4 amide bonds. The Kier molecular flexibility index (Phi) is 5.54. The second kappa shape index (κ2) is 8.22. The van der Waals surface area contributed by atoms with E-state index < -0.39 is 40.9 Å². The Morgan fingerprint density at radius 3 is 2.43 bits per heavy atom. The number of nitrogens with one attached hydrogen (secondary N) is 1. The highest BCUT2D eigenvalue weighted by Gasteiger charge is 2.37. The monoisotopic (exact) mass is 411 g/mol. The molecule has 2 aromatic rings. The molecule has 1 aliphatic rings. The SMILES string of the molecule is O=C(O)COc1ccccc1/C=C1/C(=O)NC(=O)N(c2ccc([N+](=O)[O-])cc2)C1=O. The number of benzene rings is 2. The number of hydrogen-bond donors (Lipinski definition) is 2. The number of ether oxygens (including phenoxy) is 1. The zero-order valence-electron chi connectivity index (χ0n) is 15.1. The number of urea groups is 1. The van der Waals surface area contributed by atoms with Gasteiger partial charge in [-0.1, -0.05) is 18.2 Å². The van der Waals surface area contributed by atoms with Crippen LogP contribution in [0.25, 0.3) is 6.08 Å². The van der Waals surface area contributed by atoms with Gasteiger partial charge in [0, 0.05) is 17.7 Å². The minimum Gasteiger partial charge on any atom is -0.481 e. The Morgan fingerprint density at radius 2 is 1.80 bits per heavy atom. The van der Waals surface area contributed by atoms with E-state index in [0.29, 0.717) is 4.90 Å². The summed E-state index contributed by atoms with van der Waals surface area (Å²) in [7, 11) is 0. The summed E-state index contributed by atoms with van der Waals surface area (Å²) in [6.45, 7) is -0.631. The Balaban J connectivity index is 1.97. The van der Waals surface area contributed by atoms with Crippen LogP contribution in [0.3, 0.4) is 0 Å². The van der Waals surface area contributed by atoms with Gasteiger partial charge in [0.2, 0.25) is 0 Å². The van der Waals surface area contributed by atoms with Crippen molar-refractivity contribution in [3.05, 3.63) is 69.8 Å². The van der Waals surface area contributed by atoms with Gasteiger partial charge in [0.05, 0.1) is 10.6 Å². The molecular weight excluding hydrogens is 398 g/mol. The number of imide groups is 2. The molecule has 11 heteroatoms. The maximum Gasteiger partial charge on any atom is 0.341 e. The summed E-state index contributed by atoms with van der Waals surface area (Å²) in [4.78, 5) is 58.9. The molecule has 30 heavy (non-hydrogen) atoms. The highest BCUT2D eigenvalue weighted by molar-refractivity contribution is 6.39. The van der Waals surface area contributed by atoms with Crippen LogP contribution < -0.4 is 15.0 Å². The molecule has 0 aromatic heterocycles. The van der Waals surface area contributed by atoms with Crippen LogP contribution >= 0.6 is 0 Å². The van der Waals surface area contributed by atoms with Crippen LogP contribution in [0.2, 0.25) is 0 Å². The average molecular weight is 411 g/mol. The van der Waals surface area contributed by atoms with Gasteiger partial charge in [0.25, 0.3) is 17.5 Å². The highest BCUT2D eigenvalue weighted by Crippen LogP contribution is 2.26. The summed E-state index contributed by atoms with van der Waals surface area (Å²) in [5.41, 5.74) is -0.369. The molecule has 0 spiro atoms. The van der Waals surface area contributed by atoms with Crippen molar-refractivity contribution >= 4 is 41.3 Å².